The summed E-state index contributed by atoms with van der Waals surface area (Å²) in [4.78, 5) is 35.0. The van der Waals surface area contributed by atoms with Gasteiger partial charge in [0.15, 0.2) is 11.5 Å². The van der Waals surface area contributed by atoms with E-state index in [0.717, 1.165) is 11.1 Å². The van der Waals surface area contributed by atoms with Crippen LogP contribution in [0.5, 0.6) is 5.75 Å². The molecule has 1 aromatic carbocycles. The Bertz CT molecular complexity index is 1020. The van der Waals surface area contributed by atoms with Crippen molar-refractivity contribution in [3.05, 3.63) is 54.4 Å². The number of rotatable bonds is 4. The Morgan fingerprint density at radius 2 is 1.65 bits per heavy atom. The third kappa shape index (κ3) is 3.21. The molecule has 0 atom stereocenters. The van der Waals surface area contributed by atoms with Crippen molar-refractivity contribution < 1.29 is 19.1 Å². The molecule has 0 radical (unpaired) electrons. The number of anilines is 1. The van der Waals surface area contributed by atoms with E-state index < -0.39 is 5.97 Å². The lowest BCUT2D eigenvalue weighted by Crippen LogP contribution is -2.07. The van der Waals surface area contributed by atoms with Gasteiger partial charge in [-0.1, -0.05) is 18.2 Å². The lowest BCUT2D eigenvalue weighted by Gasteiger charge is -2.07. The molecule has 3 aromatic rings. The molecule has 26 heavy (non-hydrogen) atoms. The molecule has 0 fully saturated rings. The van der Waals surface area contributed by atoms with Crippen LogP contribution < -0.4 is 10.1 Å². The summed E-state index contributed by atoms with van der Waals surface area (Å²) in [5, 5.41) is 2.71. The van der Waals surface area contributed by atoms with E-state index in [2.05, 4.69) is 5.32 Å². The zero-order valence-electron chi connectivity index (χ0n) is 14.7. The Balaban J connectivity index is 2.25. The molecule has 6 nitrogen and oxygen atoms in total. The predicted octanol–water partition coefficient (Wildman–Crippen LogP) is 3.69. The summed E-state index contributed by atoms with van der Waals surface area (Å²) in [5.74, 6) is -0.627. The second-order valence-electron chi connectivity index (χ2n) is 5.92. The molecule has 1 N–H and O–H groups in total. The van der Waals surface area contributed by atoms with Crippen LogP contribution in [0, 0.1) is 0 Å². The van der Waals surface area contributed by atoms with E-state index in [1.165, 1.54) is 20.8 Å². The number of fused-ring (bicyclic) bond motifs is 1. The number of hydrogen-bond acceptors (Lipinski definition) is 4. The molecule has 2 aromatic heterocycles. The Kier molecular flexibility index (Phi) is 4.58. The molecule has 0 aliphatic carbocycles. The Morgan fingerprint density at radius 1 is 0.962 bits per heavy atom. The Morgan fingerprint density at radius 3 is 2.23 bits per heavy atom. The monoisotopic (exact) mass is 350 g/mol. The van der Waals surface area contributed by atoms with Gasteiger partial charge in [-0.2, -0.15) is 0 Å². The number of hydrogen-bond donors (Lipinski definition) is 1. The van der Waals surface area contributed by atoms with E-state index in [1.54, 1.807) is 28.8 Å². The van der Waals surface area contributed by atoms with Crippen molar-refractivity contribution in [2.24, 2.45) is 0 Å². The molecule has 0 saturated heterocycles. The summed E-state index contributed by atoms with van der Waals surface area (Å²) in [5.41, 5.74) is 3.15. The topological polar surface area (TPSA) is 76.9 Å². The van der Waals surface area contributed by atoms with E-state index in [1.807, 2.05) is 24.3 Å². The van der Waals surface area contributed by atoms with E-state index in [0.29, 0.717) is 16.9 Å². The number of carbonyl (C=O) groups excluding carboxylic acids is 3. The number of ketones is 1. The van der Waals surface area contributed by atoms with Crippen LogP contribution in [0.2, 0.25) is 0 Å². The van der Waals surface area contributed by atoms with Crippen molar-refractivity contribution >= 4 is 28.9 Å². The molecule has 0 aliphatic heterocycles. The first-order valence-corrected chi connectivity index (χ1v) is 8.09. The molecule has 0 aliphatic rings. The standard InChI is InChI=1S/C20H18N2O4/c1-12(23)19-20(26-14(3)25)18(17-6-4-5-11-22(17)19)15-7-9-16(10-8-15)21-13(2)24/h4-11H,1-3H3,(H,21,24). The highest BCUT2D eigenvalue weighted by Crippen LogP contribution is 2.40. The summed E-state index contributed by atoms with van der Waals surface area (Å²) in [6, 6.07) is 12.7. The molecule has 0 unspecified atom stereocenters. The third-order valence-corrected chi connectivity index (χ3v) is 3.87. The smallest absolute Gasteiger partial charge is 0.308 e. The van der Waals surface area contributed by atoms with Gasteiger partial charge in [-0.3, -0.25) is 14.4 Å². The maximum atomic E-state index is 12.2. The second kappa shape index (κ2) is 6.84. The molecule has 1 amide bonds. The van der Waals surface area contributed by atoms with Gasteiger partial charge in [-0.25, -0.2) is 0 Å². The lowest BCUT2D eigenvalue weighted by molar-refractivity contribution is -0.131. The number of pyridine rings is 1. The first kappa shape index (κ1) is 17.4. The molecule has 0 spiro atoms. The van der Waals surface area contributed by atoms with E-state index in [-0.39, 0.29) is 17.4 Å². The molecule has 132 valence electrons. The van der Waals surface area contributed by atoms with Crippen LogP contribution >= 0.6 is 0 Å². The molecule has 3 rings (SSSR count). The normalized spacial score (nSPS) is 10.6. The Labute approximate surface area is 150 Å². The van der Waals surface area contributed by atoms with Crippen LogP contribution in [0.15, 0.2) is 48.7 Å². The minimum atomic E-state index is -0.500. The van der Waals surface area contributed by atoms with Gasteiger partial charge in [0.1, 0.15) is 5.69 Å². The molecular weight excluding hydrogens is 332 g/mol. The van der Waals surface area contributed by atoms with Gasteiger partial charge in [0.2, 0.25) is 5.91 Å². The predicted molar refractivity (Wildman–Crippen MR) is 98.5 cm³/mol. The van der Waals surface area contributed by atoms with Gasteiger partial charge in [0.05, 0.1) is 11.1 Å². The largest absolute Gasteiger partial charge is 0.424 e. The van der Waals surface area contributed by atoms with Crippen molar-refractivity contribution in [2.45, 2.75) is 20.8 Å². The molecule has 0 saturated carbocycles. The van der Waals surface area contributed by atoms with Gasteiger partial charge in [-0.05, 0) is 29.8 Å². The first-order valence-electron chi connectivity index (χ1n) is 8.09. The zero-order valence-corrected chi connectivity index (χ0v) is 14.7. The summed E-state index contributed by atoms with van der Waals surface area (Å²) in [7, 11) is 0. The summed E-state index contributed by atoms with van der Waals surface area (Å²) in [6.07, 6.45) is 1.76. The van der Waals surface area contributed by atoms with Gasteiger partial charge in [-0.15, -0.1) is 0 Å². The summed E-state index contributed by atoms with van der Waals surface area (Å²) >= 11 is 0. The number of ether oxygens (including phenoxy) is 1. The van der Waals surface area contributed by atoms with E-state index in [4.69, 9.17) is 4.74 Å². The highest BCUT2D eigenvalue weighted by Gasteiger charge is 2.24. The average molecular weight is 350 g/mol. The van der Waals surface area contributed by atoms with Crippen molar-refractivity contribution in [1.29, 1.82) is 0 Å². The number of nitrogens with one attached hydrogen (secondary N) is 1. The summed E-state index contributed by atoms with van der Waals surface area (Å²) < 4.78 is 7.14. The number of benzene rings is 1. The van der Waals surface area contributed by atoms with Crippen LogP contribution in [0.1, 0.15) is 31.3 Å². The lowest BCUT2D eigenvalue weighted by atomic mass is 10.0. The molecule has 6 heteroatoms. The van der Waals surface area contributed by atoms with Crippen LogP contribution in [-0.4, -0.2) is 22.1 Å². The highest BCUT2D eigenvalue weighted by atomic mass is 16.5. The maximum Gasteiger partial charge on any atom is 0.308 e. The van der Waals surface area contributed by atoms with Crippen LogP contribution in [0.4, 0.5) is 5.69 Å². The number of Topliss-reactive ketones (excluding diaryl/α,β-unsaturated/α-hetero) is 1. The fourth-order valence-corrected chi connectivity index (χ4v) is 2.96. The van der Waals surface area contributed by atoms with Crippen molar-refractivity contribution in [1.82, 2.24) is 4.40 Å². The number of nitrogens with zero attached hydrogens (tertiary/aromatic N) is 1. The minimum Gasteiger partial charge on any atom is -0.424 e. The van der Waals surface area contributed by atoms with Crippen molar-refractivity contribution in [2.75, 3.05) is 5.32 Å². The van der Waals surface area contributed by atoms with Crippen LogP contribution in [-0.2, 0) is 9.59 Å². The SMILES string of the molecule is CC(=O)Nc1ccc(-c2c(OC(C)=O)c(C(C)=O)n3ccccc23)cc1. The highest BCUT2D eigenvalue weighted by molar-refractivity contribution is 6.04. The van der Waals surface area contributed by atoms with Crippen LogP contribution in [0.25, 0.3) is 16.6 Å². The van der Waals surface area contributed by atoms with E-state index >= 15 is 0 Å². The second-order valence-corrected chi connectivity index (χ2v) is 5.92. The molecule has 0 bridgehead atoms. The molecule has 2 heterocycles. The maximum absolute atomic E-state index is 12.2. The summed E-state index contributed by atoms with van der Waals surface area (Å²) in [6.45, 7) is 4.18. The molecular formula is C20H18N2O4. The Hall–Kier alpha value is -3.41. The first-order chi connectivity index (χ1) is 12.4. The number of amides is 1. The fraction of sp³-hybridized carbons (Fsp3) is 0.150. The third-order valence-electron chi connectivity index (χ3n) is 3.87. The van der Waals surface area contributed by atoms with Crippen molar-refractivity contribution in [3.63, 3.8) is 0 Å². The number of aromatic nitrogens is 1. The van der Waals surface area contributed by atoms with Gasteiger partial charge >= 0.3 is 5.97 Å². The van der Waals surface area contributed by atoms with Gasteiger partial charge < -0.3 is 14.5 Å². The zero-order chi connectivity index (χ0) is 18.8. The van der Waals surface area contributed by atoms with Crippen LogP contribution in [0.3, 0.4) is 0 Å². The van der Waals surface area contributed by atoms with Gasteiger partial charge in [0.25, 0.3) is 0 Å². The number of carbonyl (C=O) groups is 3. The quantitative estimate of drug-likeness (QED) is 0.575. The van der Waals surface area contributed by atoms with Gasteiger partial charge in [0, 0.05) is 32.7 Å². The van der Waals surface area contributed by atoms with Crippen molar-refractivity contribution in [3.8, 4) is 16.9 Å². The fourth-order valence-electron chi connectivity index (χ4n) is 2.96. The minimum absolute atomic E-state index is 0.161. The van der Waals surface area contributed by atoms with E-state index in [9.17, 15) is 14.4 Å². The average Bonchev–Trinajstić information content (AvgIpc) is 2.88. The number of esters is 1.